The number of hydrazine groups is 1. The molecule has 6 nitrogen and oxygen atoms in total. The minimum absolute atomic E-state index is 0.138. The van der Waals surface area contributed by atoms with Gasteiger partial charge in [0.05, 0.1) is 12.2 Å². The number of nitrogens with one attached hydrogen (secondary N) is 1. The number of rotatable bonds is 10. The molecule has 6 rings (SSSR count). The first-order valence-electron chi connectivity index (χ1n) is 13.5. The normalized spacial score (nSPS) is 23.6. The third-order valence-electron chi connectivity index (χ3n) is 9.13. The number of hydrogen-bond donors (Lipinski definition) is 4. The van der Waals surface area contributed by atoms with Gasteiger partial charge in [-0.05, 0) is 79.7 Å². The van der Waals surface area contributed by atoms with E-state index in [1.165, 1.54) is 5.56 Å². The number of nitrogens with zero attached hydrogens (tertiary/aromatic N) is 2. The summed E-state index contributed by atoms with van der Waals surface area (Å²) in [5, 5.41) is 0. The number of alkyl halides is 2. The van der Waals surface area contributed by atoms with Gasteiger partial charge in [0.15, 0.2) is 5.82 Å². The number of anilines is 3. The van der Waals surface area contributed by atoms with Crippen LogP contribution in [-0.2, 0) is 5.41 Å². The Labute approximate surface area is 223 Å². The molecule has 1 aromatic heterocycles. The number of pyridine rings is 1. The zero-order valence-corrected chi connectivity index (χ0v) is 21.8. The highest BCUT2D eigenvalue weighted by atomic mass is 19.3. The Kier molecular flexibility index (Phi) is 7.54. The fraction of sp³-hybridized carbons (Fsp3) is 0.433. The quantitative estimate of drug-likeness (QED) is 0.203. The molecular weight excluding hydrogens is 482 g/mol. The minimum Gasteiger partial charge on any atom is -0.395 e. The first kappa shape index (κ1) is 26.4. The molecule has 0 aliphatic heterocycles. The largest absolute Gasteiger partial charge is 0.395 e. The Hall–Kier alpha value is -3.23. The van der Waals surface area contributed by atoms with E-state index in [4.69, 9.17) is 17.3 Å². The SMILES string of the molecule is NNc1nc(N)cc(C(CCN(CC(F)F)C23CCC(c4ccccc4)(CC2)CC3)c2ccccc2)c1N. The molecule has 2 bridgehead atoms. The van der Waals surface area contributed by atoms with E-state index in [1.54, 1.807) is 6.07 Å². The van der Waals surface area contributed by atoms with Crippen LogP contribution in [0.5, 0.6) is 0 Å². The van der Waals surface area contributed by atoms with Gasteiger partial charge in [-0.25, -0.2) is 19.6 Å². The smallest absolute Gasteiger partial charge is 0.251 e. The average Bonchev–Trinajstić information content (AvgIpc) is 2.96. The van der Waals surface area contributed by atoms with Crippen LogP contribution < -0.4 is 22.7 Å². The van der Waals surface area contributed by atoms with Gasteiger partial charge in [0.25, 0.3) is 6.43 Å². The maximum Gasteiger partial charge on any atom is 0.251 e. The topological polar surface area (TPSA) is 106 Å². The minimum atomic E-state index is -2.39. The van der Waals surface area contributed by atoms with Gasteiger partial charge in [0, 0.05) is 11.5 Å². The molecule has 202 valence electrons. The predicted molar refractivity (Wildman–Crippen MR) is 150 cm³/mol. The number of halogens is 2. The number of benzene rings is 2. The Balaban J connectivity index is 1.41. The van der Waals surface area contributed by atoms with Crippen molar-refractivity contribution in [2.45, 2.75) is 68.2 Å². The Morgan fingerprint density at radius 3 is 2.08 bits per heavy atom. The molecule has 0 spiro atoms. The maximum atomic E-state index is 14.0. The molecular formula is C30H38F2N6. The standard InChI is InChI=1S/C30H38F2N6/c31-25(32)20-38(30-15-12-29(13-16-30,14-17-30)22-9-5-2-6-10-22)18-11-23(21-7-3-1-4-8-21)24-19-26(33)36-28(37-35)27(24)34/h1-10,19,23,25H,11-18,20,34-35H2,(H3,33,36,37). The summed E-state index contributed by atoms with van der Waals surface area (Å²) in [5.41, 5.74) is 18.8. The fourth-order valence-corrected chi connectivity index (χ4v) is 7.02. The van der Waals surface area contributed by atoms with Gasteiger partial charge in [0.2, 0.25) is 0 Å². The molecule has 3 fully saturated rings. The van der Waals surface area contributed by atoms with Crippen molar-refractivity contribution in [2.75, 3.05) is 30.0 Å². The number of hydrogen-bond acceptors (Lipinski definition) is 6. The lowest BCUT2D eigenvalue weighted by Gasteiger charge is -2.58. The third-order valence-corrected chi connectivity index (χ3v) is 9.13. The summed E-state index contributed by atoms with van der Waals surface area (Å²) in [6.45, 7) is 0.318. The number of nitrogens with two attached hydrogens (primary N) is 3. The van der Waals surface area contributed by atoms with Crippen LogP contribution in [0.15, 0.2) is 66.7 Å². The number of aromatic nitrogens is 1. The van der Waals surface area contributed by atoms with Crippen molar-refractivity contribution in [1.82, 2.24) is 9.88 Å². The molecule has 1 atom stereocenters. The van der Waals surface area contributed by atoms with Gasteiger partial charge in [-0.3, -0.25) is 4.90 Å². The molecule has 38 heavy (non-hydrogen) atoms. The lowest BCUT2D eigenvalue weighted by molar-refractivity contribution is -0.0518. The second-order valence-electron chi connectivity index (χ2n) is 11.0. The zero-order chi connectivity index (χ0) is 26.8. The molecule has 3 aliphatic carbocycles. The van der Waals surface area contributed by atoms with Gasteiger partial charge >= 0.3 is 0 Å². The van der Waals surface area contributed by atoms with Crippen molar-refractivity contribution in [3.8, 4) is 0 Å². The number of fused-ring (bicyclic) bond motifs is 3. The summed E-state index contributed by atoms with van der Waals surface area (Å²) < 4.78 is 28.0. The van der Waals surface area contributed by atoms with E-state index in [9.17, 15) is 8.78 Å². The van der Waals surface area contributed by atoms with Crippen LogP contribution in [0.3, 0.4) is 0 Å². The molecule has 2 aromatic carbocycles. The van der Waals surface area contributed by atoms with Crippen LogP contribution >= 0.6 is 0 Å². The van der Waals surface area contributed by atoms with E-state index >= 15 is 0 Å². The van der Waals surface area contributed by atoms with Crippen LogP contribution in [-0.4, -0.2) is 34.9 Å². The monoisotopic (exact) mass is 520 g/mol. The molecule has 3 aliphatic rings. The summed E-state index contributed by atoms with van der Waals surface area (Å²) in [5.74, 6) is 6.14. The maximum absolute atomic E-state index is 14.0. The average molecular weight is 521 g/mol. The van der Waals surface area contributed by atoms with E-state index in [2.05, 4.69) is 45.6 Å². The van der Waals surface area contributed by atoms with Crippen molar-refractivity contribution in [3.63, 3.8) is 0 Å². The Morgan fingerprint density at radius 1 is 0.895 bits per heavy atom. The summed E-state index contributed by atoms with van der Waals surface area (Å²) in [6, 6.07) is 22.5. The van der Waals surface area contributed by atoms with Crippen molar-refractivity contribution in [2.24, 2.45) is 5.84 Å². The predicted octanol–water partition coefficient (Wildman–Crippen LogP) is 5.67. The summed E-state index contributed by atoms with van der Waals surface area (Å²) in [4.78, 5) is 6.29. The second-order valence-corrected chi connectivity index (χ2v) is 11.0. The second kappa shape index (κ2) is 10.9. The van der Waals surface area contributed by atoms with Gasteiger partial charge in [-0.2, -0.15) is 0 Å². The molecule has 0 saturated heterocycles. The third kappa shape index (κ3) is 5.07. The van der Waals surface area contributed by atoms with Gasteiger partial charge in [0.1, 0.15) is 5.82 Å². The lowest BCUT2D eigenvalue weighted by atomic mass is 9.54. The highest BCUT2D eigenvalue weighted by Gasteiger charge is 2.52. The molecule has 8 heteroatoms. The van der Waals surface area contributed by atoms with Crippen LogP contribution in [0.2, 0.25) is 0 Å². The summed E-state index contributed by atoms with van der Waals surface area (Å²) >= 11 is 0. The lowest BCUT2D eigenvalue weighted by Crippen LogP contribution is -2.59. The first-order chi connectivity index (χ1) is 18.4. The van der Waals surface area contributed by atoms with E-state index < -0.39 is 6.43 Å². The van der Waals surface area contributed by atoms with Crippen molar-refractivity contribution in [3.05, 3.63) is 83.4 Å². The van der Waals surface area contributed by atoms with Crippen LogP contribution in [0.4, 0.5) is 26.1 Å². The molecule has 3 saturated carbocycles. The molecule has 1 unspecified atom stereocenters. The molecule has 7 N–H and O–H groups in total. The van der Waals surface area contributed by atoms with Crippen molar-refractivity contribution < 1.29 is 8.78 Å². The Bertz CT molecular complexity index is 1200. The van der Waals surface area contributed by atoms with Crippen LogP contribution in [0.1, 0.15) is 67.6 Å². The molecule has 0 amide bonds. The molecule has 0 radical (unpaired) electrons. The molecule has 3 aromatic rings. The van der Waals surface area contributed by atoms with Gasteiger partial charge < -0.3 is 16.9 Å². The van der Waals surface area contributed by atoms with E-state index in [-0.39, 0.29) is 23.4 Å². The van der Waals surface area contributed by atoms with E-state index in [0.29, 0.717) is 30.3 Å². The van der Waals surface area contributed by atoms with Gasteiger partial charge in [-0.15, -0.1) is 0 Å². The van der Waals surface area contributed by atoms with Crippen LogP contribution in [0.25, 0.3) is 0 Å². The Morgan fingerprint density at radius 2 is 1.50 bits per heavy atom. The zero-order valence-electron chi connectivity index (χ0n) is 21.8. The van der Waals surface area contributed by atoms with Crippen molar-refractivity contribution in [1.29, 1.82) is 0 Å². The summed E-state index contributed by atoms with van der Waals surface area (Å²) in [7, 11) is 0. The fourth-order valence-electron chi connectivity index (χ4n) is 7.02. The van der Waals surface area contributed by atoms with E-state index in [0.717, 1.165) is 49.7 Å². The van der Waals surface area contributed by atoms with E-state index in [1.807, 2.05) is 30.3 Å². The number of nitrogen functional groups attached to an aromatic ring is 3. The highest BCUT2D eigenvalue weighted by Crippen LogP contribution is 2.56. The van der Waals surface area contributed by atoms with Crippen molar-refractivity contribution >= 4 is 17.3 Å². The summed E-state index contributed by atoms with van der Waals surface area (Å²) in [6.07, 6.45) is 4.18. The molecule has 1 heterocycles. The first-order valence-corrected chi connectivity index (χ1v) is 13.5. The highest BCUT2D eigenvalue weighted by molar-refractivity contribution is 5.70. The van der Waals surface area contributed by atoms with Gasteiger partial charge in [-0.1, -0.05) is 60.7 Å². The van der Waals surface area contributed by atoms with Crippen LogP contribution in [0, 0.1) is 0 Å².